The molecule has 120 valence electrons. The molecule has 2 N–H and O–H groups in total. The number of rotatable bonds is 2. The predicted octanol–water partition coefficient (Wildman–Crippen LogP) is 4.66. The van der Waals surface area contributed by atoms with E-state index in [-0.39, 0.29) is 12.1 Å². The Kier molecular flexibility index (Phi) is 3.00. The normalized spacial score (nSPS) is 20.1. The molecule has 24 heavy (non-hydrogen) atoms. The molecule has 1 aliphatic carbocycles. The fraction of sp³-hybridized carbons (Fsp3) is 0.211. The van der Waals surface area contributed by atoms with Gasteiger partial charge in [0, 0.05) is 38.9 Å². The van der Waals surface area contributed by atoms with Crippen LogP contribution in [-0.4, -0.2) is 21.8 Å². The molecule has 0 bridgehead atoms. The maximum Gasteiger partial charge on any atom is 0.258 e. The Balaban J connectivity index is 1.68. The number of hydrogen-bond donors (Lipinski definition) is 2. The Labute approximate surface area is 148 Å². The lowest BCUT2D eigenvalue weighted by atomic mass is 10.0. The lowest BCUT2D eigenvalue weighted by molar-refractivity contribution is 0.0667. The summed E-state index contributed by atoms with van der Waals surface area (Å²) >= 11 is 3.55. The van der Waals surface area contributed by atoms with Crippen molar-refractivity contribution in [2.75, 3.05) is 5.32 Å². The Morgan fingerprint density at radius 2 is 1.96 bits per heavy atom. The monoisotopic (exact) mass is 381 g/mol. The molecule has 2 aliphatic rings. The maximum atomic E-state index is 13.1. The molecule has 0 spiro atoms. The van der Waals surface area contributed by atoms with E-state index in [1.165, 1.54) is 0 Å². The fourth-order valence-corrected chi connectivity index (χ4v) is 3.93. The number of anilines is 1. The molecular formula is C19H16BrN3O. The number of hydrogen-bond acceptors (Lipinski definition) is 2. The van der Waals surface area contributed by atoms with Crippen LogP contribution in [-0.2, 0) is 0 Å². The van der Waals surface area contributed by atoms with Crippen LogP contribution in [0, 0.1) is 0 Å². The van der Waals surface area contributed by atoms with Crippen LogP contribution in [0.15, 0.2) is 53.1 Å². The first-order chi connectivity index (χ1) is 11.7. The van der Waals surface area contributed by atoms with Gasteiger partial charge in [0.05, 0.1) is 5.56 Å². The van der Waals surface area contributed by atoms with Gasteiger partial charge in [-0.1, -0.05) is 28.1 Å². The van der Waals surface area contributed by atoms with Crippen molar-refractivity contribution < 1.29 is 4.79 Å². The second-order valence-corrected chi connectivity index (χ2v) is 7.39. The Morgan fingerprint density at radius 3 is 2.79 bits per heavy atom. The van der Waals surface area contributed by atoms with Gasteiger partial charge in [-0.3, -0.25) is 4.79 Å². The van der Waals surface area contributed by atoms with E-state index < -0.39 is 0 Å². The van der Waals surface area contributed by atoms with Gasteiger partial charge < -0.3 is 15.2 Å². The van der Waals surface area contributed by atoms with Crippen molar-refractivity contribution in [2.45, 2.75) is 25.0 Å². The molecule has 1 saturated carbocycles. The first-order valence-corrected chi connectivity index (χ1v) is 8.96. The van der Waals surface area contributed by atoms with Crippen molar-refractivity contribution in [3.05, 3.63) is 64.3 Å². The number of halogens is 1. The van der Waals surface area contributed by atoms with Gasteiger partial charge in [0.1, 0.15) is 6.17 Å². The molecule has 1 atom stereocenters. The molecule has 5 rings (SSSR count). The van der Waals surface area contributed by atoms with Crippen LogP contribution in [0.2, 0.25) is 0 Å². The first kappa shape index (κ1) is 14.1. The molecule has 3 aromatic rings. The minimum absolute atomic E-state index is 0.126. The van der Waals surface area contributed by atoms with Crippen molar-refractivity contribution >= 4 is 38.4 Å². The highest BCUT2D eigenvalue weighted by molar-refractivity contribution is 9.10. The number of carbonyl (C=O) groups excluding carboxylic acids is 1. The lowest BCUT2D eigenvalue weighted by Gasteiger charge is -2.38. The van der Waals surface area contributed by atoms with Crippen LogP contribution >= 0.6 is 15.9 Å². The number of para-hydroxylation sites is 1. The van der Waals surface area contributed by atoms with E-state index in [0.29, 0.717) is 6.04 Å². The van der Waals surface area contributed by atoms with Crippen LogP contribution in [0.3, 0.4) is 0 Å². The van der Waals surface area contributed by atoms with E-state index in [4.69, 9.17) is 0 Å². The molecule has 2 aromatic carbocycles. The van der Waals surface area contributed by atoms with Gasteiger partial charge in [0.15, 0.2) is 0 Å². The van der Waals surface area contributed by atoms with E-state index in [1.807, 2.05) is 41.4 Å². The van der Waals surface area contributed by atoms with Crippen molar-refractivity contribution in [1.82, 2.24) is 9.88 Å². The number of nitrogens with one attached hydrogen (secondary N) is 2. The lowest BCUT2D eigenvalue weighted by Crippen LogP contribution is -2.44. The minimum Gasteiger partial charge on any atom is -0.361 e. The Hall–Kier alpha value is -2.27. The highest BCUT2D eigenvalue weighted by atomic mass is 79.9. The topological polar surface area (TPSA) is 48.1 Å². The SMILES string of the molecule is O=C1c2ccccc2N[C@H](c2c[nH]c3ccc(Br)cc23)N1C1CC1. The summed E-state index contributed by atoms with van der Waals surface area (Å²) < 4.78 is 1.04. The number of amides is 1. The third-order valence-corrected chi connectivity index (χ3v) is 5.37. The van der Waals surface area contributed by atoms with Crippen molar-refractivity contribution in [3.8, 4) is 0 Å². The molecule has 1 fully saturated rings. The summed E-state index contributed by atoms with van der Waals surface area (Å²) in [4.78, 5) is 18.4. The molecule has 1 amide bonds. The largest absolute Gasteiger partial charge is 0.361 e. The van der Waals surface area contributed by atoms with Gasteiger partial charge in [0.25, 0.3) is 5.91 Å². The molecular weight excluding hydrogens is 366 g/mol. The minimum atomic E-state index is -0.136. The van der Waals surface area contributed by atoms with Gasteiger partial charge >= 0.3 is 0 Å². The Morgan fingerprint density at radius 1 is 1.12 bits per heavy atom. The zero-order chi connectivity index (χ0) is 16.3. The average molecular weight is 382 g/mol. The average Bonchev–Trinajstić information content (AvgIpc) is 3.34. The van der Waals surface area contributed by atoms with Gasteiger partial charge in [-0.15, -0.1) is 0 Å². The second-order valence-electron chi connectivity index (χ2n) is 6.47. The van der Waals surface area contributed by atoms with Crippen LogP contribution in [0.25, 0.3) is 10.9 Å². The molecule has 2 heterocycles. The first-order valence-electron chi connectivity index (χ1n) is 8.17. The molecule has 1 aliphatic heterocycles. The molecule has 5 heteroatoms. The summed E-state index contributed by atoms with van der Waals surface area (Å²) in [5.74, 6) is 0.126. The van der Waals surface area contributed by atoms with E-state index in [2.05, 4.69) is 38.4 Å². The summed E-state index contributed by atoms with van der Waals surface area (Å²) in [7, 11) is 0. The predicted molar refractivity (Wildman–Crippen MR) is 98.0 cm³/mol. The summed E-state index contributed by atoms with van der Waals surface area (Å²) in [6.07, 6.45) is 4.05. The van der Waals surface area contributed by atoms with Crippen LogP contribution in [0.1, 0.15) is 34.9 Å². The second kappa shape index (κ2) is 5.11. The summed E-state index contributed by atoms with van der Waals surface area (Å²) in [5, 5.41) is 4.72. The van der Waals surface area contributed by atoms with Crippen LogP contribution < -0.4 is 5.32 Å². The Bertz CT molecular complexity index is 960. The smallest absolute Gasteiger partial charge is 0.258 e. The fourth-order valence-electron chi connectivity index (χ4n) is 3.57. The van der Waals surface area contributed by atoms with E-state index in [0.717, 1.165) is 45.0 Å². The number of H-pyrrole nitrogens is 1. The number of fused-ring (bicyclic) bond motifs is 2. The molecule has 0 saturated heterocycles. The zero-order valence-electron chi connectivity index (χ0n) is 12.9. The quantitative estimate of drug-likeness (QED) is 0.677. The highest BCUT2D eigenvalue weighted by Gasteiger charge is 2.42. The standard InChI is InChI=1S/C19H16BrN3O/c20-11-5-8-16-14(9-11)15(10-21-16)18-22-17-4-2-1-3-13(17)19(24)23(18)12-6-7-12/h1-5,8-10,12,18,21-22H,6-7H2/t18-/m0/s1. The van der Waals surface area contributed by atoms with E-state index >= 15 is 0 Å². The van der Waals surface area contributed by atoms with Crippen molar-refractivity contribution in [2.24, 2.45) is 0 Å². The van der Waals surface area contributed by atoms with Gasteiger partial charge in [-0.2, -0.15) is 0 Å². The zero-order valence-corrected chi connectivity index (χ0v) is 14.5. The summed E-state index contributed by atoms with van der Waals surface area (Å²) in [6, 6.07) is 14.3. The van der Waals surface area contributed by atoms with Crippen molar-refractivity contribution in [1.29, 1.82) is 0 Å². The number of carbonyl (C=O) groups is 1. The molecule has 4 nitrogen and oxygen atoms in total. The van der Waals surface area contributed by atoms with Gasteiger partial charge in [0.2, 0.25) is 0 Å². The van der Waals surface area contributed by atoms with E-state index in [1.54, 1.807) is 0 Å². The highest BCUT2D eigenvalue weighted by Crippen LogP contribution is 2.42. The molecule has 1 aromatic heterocycles. The number of aromatic amines is 1. The summed E-state index contributed by atoms with van der Waals surface area (Å²) in [6.45, 7) is 0. The molecule has 0 unspecified atom stereocenters. The number of benzene rings is 2. The number of aromatic nitrogens is 1. The van der Waals surface area contributed by atoms with Crippen LogP contribution in [0.5, 0.6) is 0 Å². The van der Waals surface area contributed by atoms with Gasteiger partial charge in [-0.25, -0.2) is 0 Å². The maximum absolute atomic E-state index is 13.1. The summed E-state index contributed by atoms with van der Waals surface area (Å²) in [5.41, 5.74) is 3.87. The van der Waals surface area contributed by atoms with Gasteiger partial charge in [-0.05, 0) is 43.2 Å². The van der Waals surface area contributed by atoms with E-state index in [9.17, 15) is 4.79 Å². The van der Waals surface area contributed by atoms with Crippen molar-refractivity contribution in [3.63, 3.8) is 0 Å². The third-order valence-electron chi connectivity index (χ3n) is 4.87. The number of nitrogens with zero attached hydrogens (tertiary/aromatic N) is 1. The van der Waals surface area contributed by atoms with Crippen LogP contribution in [0.4, 0.5) is 5.69 Å². The third kappa shape index (κ3) is 2.08. The molecule has 0 radical (unpaired) electrons.